The quantitative estimate of drug-likeness (QED) is 0.779. The highest BCUT2D eigenvalue weighted by Crippen LogP contribution is 2.31. The average molecular weight is 410 g/mol. The van der Waals surface area contributed by atoms with E-state index in [0.29, 0.717) is 28.2 Å². The second-order valence-corrected chi connectivity index (χ2v) is 9.50. The van der Waals surface area contributed by atoms with E-state index in [4.69, 9.17) is 16.3 Å². The van der Waals surface area contributed by atoms with Crippen LogP contribution in [0.1, 0.15) is 0 Å². The number of pyridine rings is 1. The minimum Gasteiger partial charge on any atom is -0.472 e. The van der Waals surface area contributed by atoms with E-state index < -0.39 is 10.0 Å². The van der Waals surface area contributed by atoms with Crippen molar-refractivity contribution in [2.24, 2.45) is 0 Å². The molecule has 3 heterocycles. The summed E-state index contributed by atoms with van der Waals surface area (Å²) in [5, 5.41) is 0.531. The third-order valence-corrected chi connectivity index (χ3v) is 7.09. The molecule has 0 aromatic carbocycles. The number of rotatable bonds is 4. The van der Waals surface area contributed by atoms with Gasteiger partial charge in [0.2, 0.25) is 5.88 Å². The molecule has 0 unspecified atom stereocenters. The van der Waals surface area contributed by atoms with Crippen LogP contribution in [-0.4, -0.2) is 36.9 Å². The predicted molar refractivity (Wildman–Crippen MR) is 84.4 cm³/mol. The van der Waals surface area contributed by atoms with Crippen molar-refractivity contribution < 1.29 is 13.2 Å². The molecule has 0 aliphatic carbocycles. The Bertz CT molecular complexity index is 742. The number of sulfonamides is 1. The van der Waals surface area contributed by atoms with Crippen LogP contribution in [0, 0.1) is 0 Å². The van der Waals surface area contributed by atoms with Crippen LogP contribution in [-0.2, 0) is 10.0 Å². The summed E-state index contributed by atoms with van der Waals surface area (Å²) < 4.78 is 32.7. The number of halogens is 2. The maximum atomic E-state index is 12.3. The Morgan fingerprint density at radius 2 is 2.10 bits per heavy atom. The van der Waals surface area contributed by atoms with Gasteiger partial charge in [-0.1, -0.05) is 11.6 Å². The molecule has 0 radical (unpaired) electrons. The molecule has 0 spiro atoms. The Morgan fingerprint density at radius 3 is 2.67 bits per heavy atom. The van der Waals surface area contributed by atoms with Crippen molar-refractivity contribution in [3.63, 3.8) is 0 Å². The standard InChI is InChI=1S/C12H10BrClN2O3S2/c13-10-2-4-12(20-10)21(17,18)16-6-9(7-16)19-11-3-1-8(14)5-15-11/h1-5,9H,6-7H2. The van der Waals surface area contributed by atoms with Crippen LogP contribution in [0.15, 0.2) is 38.5 Å². The molecule has 0 atom stereocenters. The number of hydrogen-bond donors (Lipinski definition) is 0. The largest absolute Gasteiger partial charge is 0.472 e. The van der Waals surface area contributed by atoms with Crippen molar-refractivity contribution in [1.29, 1.82) is 0 Å². The van der Waals surface area contributed by atoms with Crippen LogP contribution >= 0.6 is 38.9 Å². The van der Waals surface area contributed by atoms with Crippen LogP contribution in [0.3, 0.4) is 0 Å². The van der Waals surface area contributed by atoms with Crippen LogP contribution < -0.4 is 4.74 Å². The highest BCUT2D eigenvalue weighted by Gasteiger charge is 2.39. The van der Waals surface area contributed by atoms with Gasteiger partial charge in [0.05, 0.1) is 21.9 Å². The van der Waals surface area contributed by atoms with Crippen LogP contribution in [0.4, 0.5) is 0 Å². The number of ether oxygens (including phenoxy) is 1. The normalized spacial score (nSPS) is 16.7. The molecule has 3 rings (SSSR count). The zero-order valence-corrected chi connectivity index (χ0v) is 14.5. The van der Waals surface area contributed by atoms with Gasteiger partial charge in [-0.3, -0.25) is 0 Å². The first-order valence-corrected chi connectivity index (χ1v) is 9.41. The van der Waals surface area contributed by atoms with E-state index in [1.165, 1.54) is 21.8 Å². The number of nitrogens with zero attached hydrogens (tertiary/aromatic N) is 2. The topological polar surface area (TPSA) is 59.5 Å². The second kappa shape index (κ2) is 5.85. The molecule has 21 heavy (non-hydrogen) atoms. The summed E-state index contributed by atoms with van der Waals surface area (Å²) in [4.78, 5) is 4.02. The molecular weight excluding hydrogens is 400 g/mol. The van der Waals surface area contributed by atoms with Crippen molar-refractivity contribution >= 4 is 48.9 Å². The first-order chi connectivity index (χ1) is 9.95. The zero-order valence-electron chi connectivity index (χ0n) is 10.6. The molecule has 1 aliphatic rings. The summed E-state index contributed by atoms with van der Waals surface area (Å²) >= 11 is 10.2. The molecule has 1 aliphatic heterocycles. The molecule has 0 saturated carbocycles. The Kier molecular flexibility index (Phi) is 4.24. The number of thiophene rings is 1. The fourth-order valence-corrected chi connectivity index (χ4v) is 5.62. The van der Waals surface area contributed by atoms with Gasteiger partial charge < -0.3 is 4.74 Å². The Balaban J connectivity index is 1.61. The van der Waals surface area contributed by atoms with Gasteiger partial charge in [0.15, 0.2) is 0 Å². The molecule has 9 heteroatoms. The number of aromatic nitrogens is 1. The van der Waals surface area contributed by atoms with Gasteiger partial charge in [0, 0.05) is 12.3 Å². The molecular formula is C12H10BrClN2O3S2. The lowest BCUT2D eigenvalue weighted by atomic mass is 10.2. The zero-order chi connectivity index (χ0) is 15.0. The lowest BCUT2D eigenvalue weighted by Gasteiger charge is -2.37. The van der Waals surface area contributed by atoms with E-state index in [1.807, 2.05) is 0 Å². The van der Waals surface area contributed by atoms with E-state index in [2.05, 4.69) is 20.9 Å². The molecule has 2 aromatic rings. The molecule has 1 fully saturated rings. The molecule has 0 amide bonds. The van der Waals surface area contributed by atoms with Crippen LogP contribution in [0.5, 0.6) is 5.88 Å². The Hall–Kier alpha value is -0.670. The highest BCUT2D eigenvalue weighted by molar-refractivity contribution is 9.11. The van der Waals surface area contributed by atoms with Crippen molar-refractivity contribution in [2.45, 2.75) is 10.3 Å². The third-order valence-electron chi connectivity index (χ3n) is 2.94. The van der Waals surface area contributed by atoms with Gasteiger partial charge in [0.25, 0.3) is 10.0 Å². The summed E-state index contributed by atoms with van der Waals surface area (Å²) in [6, 6.07) is 6.66. The Labute approximate surface area is 139 Å². The summed E-state index contributed by atoms with van der Waals surface area (Å²) in [6.07, 6.45) is 1.31. The van der Waals surface area contributed by atoms with Gasteiger partial charge in [0.1, 0.15) is 10.3 Å². The van der Waals surface area contributed by atoms with Crippen molar-refractivity contribution in [3.05, 3.63) is 39.3 Å². The fraction of sp³-hybridized carbons (Fsp3) is 0.250. The lowest BCUT2D eigenvalue weighted by Crippen LogP contribution is -2.55. The SMILES string of the molecule is O=S(=O)(c1ccc(Br)s1)N1CC(Oc2ccc(Cl)cn2)C1. The van der Waals surface area contributed by atoms with E-state index in [-0.39, 0.29) is 6.10 Å². The Morgan fingerprint density at radius 1 is 1.33 bits per heavy atom. The number of hydrogen-bond acceptors (Lipinski definition) is 5. The maximum absolute atomic E-state index is 12.3. The predicted octanol–water partition coefficient (Wildman–Crippen LogP) is 3.01. The molecule has 1 saturated heterocycles. The molecule has 0 N–H and O–H groups in total. The van der Waals surface area contributed by atoms with E-state index in [1.54, 1.807) is 24.3 Å². The fourth-order valence-electron chi connectivity index (χ4n) is 1.84. The third kappa shape index (κ3) is 3.24. The van der Waals surface area contributed by atoms with Gasteiger partial charge >= 0.3 is 0 Å². The molecule has 5 nitrogen and oxygen atoms in total. The van der Waals surface area contributed by atoms with Crippen LogP contribution in [0.2, 0.25) is 5.02 Å². The molecule has 2 aromatic heterocycles. The summed E-state index contributed by atoms with van der Waals surface area (Å²) in [7, 11) is -3.41. The first kappa shape index (κ1) is 15.2. The average Bonchev–Trinajstić information content (AvgIpc) is 2.83. The van der Waals surface area contributed by atoms with Gasteiger partial charge in [-0.05, 0) is 34.1 Å². The summed E-state index contributed by atoms with van der Waals surface area (Å²) in [5.74, 6) is 0.445. The van der Waals surface area contributed by atoms with E-state index in [9.17, 15) is 8.42 Å². The van der Waals surface area contributed by atoms with E-state index in [0.717, 1.165) is 3.79 Å². The lowest BCUT2D eigenvalue weighted by molar-refractivity contribution is 0.0722. The molecule has 0 bridgehead atoms. The maximum Gasteiger partial charge on any atom is 0.252 e. The van der Waals surface area contributed by atoms with E-state index >= 15 is 0 Å². The highest BCUT2D eigenvalue weighted by atomic mass is 79.9. The van der Waals surface area contributed by atoms with Crippen molar-refractivity contribution in [1.82, 2.24) is 9.29 Å². The van der Waals surface area contributed by atoms with Crippen molar-refractivity contribution in [3.8, 4) is 5.88 Å². The smallest absolute Gasteiger partial charge is 0.252 e. The summed E-state index contributed by atoms with van der Waals surface area (Å²) in [6.45, 7) is 0.643. The summed E-state index contributed by atoms with van der Waals surface area (Å²) in [5.41, 5.74) is 0. The van der Waals surface area contributed by atoms with Crippen LogP contribution in [0.25, 0.3) is 0 Å². The monoisotopic (exact) mass is 408 g/mol. The van der Waals surface area contributed by atoms with Gasteiger partial charge in [-0.15, -0.1) is 11.3 Å². The van der Waals surface area contributed by atoms with Gasteiger partial charge in [-0.25, -0.2) is 13.4 Å². The van der Waals surface area contributed by atoms with Gasteiger partial charge in [-0.2, -0.15) is 4.31 Å². The minimum absolute atomic E-state index is 0.183. The van der Waals surface area contributed by atoms with Crippen molar-refractivity contribution in [2.75, 3.05) is 13.1 Å². The minimum atomic E-state index is -3.41. The second-order valence-electron chi connectivity index (χ2n) is 4.44. The molecule has 112 valence electrons. The first-order valence-electron chi connectivity index (χ1n) is 5.99.